The summed E-state index contributed by atoms with van der Waals surface area (Å²) in [6.45, 7) is 0. The predicted molar refractivity (Wildman–Crippen MR) is 58.5 cm³/mol. The van der Waals surface area contributed by atoms with Crippen LogP contribution in [0.15, 0.2) is 54.6 Å². The average molecular weight is 268 g/mol. The Hall–Kier alpha value is -0.331. The van der Waals surface area contributed by atoms with Crippen molar-refractivity contribution in [3.05, 3.63) is 64.6 Å². The second-order valence-electron chi connectivity index (χ2n) is 2.38. The molecule has 0 unspecified atom stereocenters. The fraction of sp³-hybridized carbons (Fsp3) is 0. The molecular formula is C11H9Cl2Fe+. The molecule has 3 heteroatoms. The Balaban J connectivity index is 0.000000246. The largest absolute Gasteiger partial charge is 2.00 e. The molecule has 2 aromatic carbocycles. The summed E-state index contributed by atoms with van der Waals surface area (Å²) in [7, 11) is 0. The van der Waals surface area contributed by atoms with Gasteiger partial charge in [-0.05, 0) is 12.1 Å². The van der Waals surface area contributed by atoms with Gasteiger partial charge >= 0.3 is 17.1 Å². The van der Waals surface area contributed by atoms with Crippen LogP contribution in [0, 0.1) is 0 Å². The van der Waals surface area contributed by atoms with E-state index < -0.39 is 0 Å². The molecule has 0 amide bonds. The minimum absolute atomic E-state index is 0. The zero-order chi connectivity index (χ0) is 9.52. The van der Waals surface area contributed by atoms with Crippen LogP contribution in [0.1, 0.15) is 0 Å². The van der Waals surface area contributed by atoms with Crippen molar-refractivity contribution in [3.63, 3.8) is 0 Å². The van der Waals surface area contributed by atoms with Gasteiger partial charge < -0.3 is 0 Å². The van der Waals surface area contributed by atoms with Gasteiger partial charge in [-0.15, -0.1) is 0 Å². The molecule has 14 heavy (non-hydrogen) atoms. The molecule has 0 bridgehead atoms. The summed E-state index contributed by atoms with van der Waals surface area (Å²) in [6.07, 6.45) is 0. The Bertz CT molecular complexity index is 293. The van der Waals surface area contributed by atoms with E-state index in [1.807, 2.05) is 42.5 Å². The number of rotatable bonds is 0. The van der Waals surface area contributed by atoms with Gasteiger partial charge in [0.1, 0.15) is 0 Å². The van der Waals surface area contributed by atoms with E-state index in [2.05, 4.69) is 0 Å². The molecule has 0 saturated carbocycles. The molecule has 0 aliphatic rings. The van der Waals surface area contributed by atoms with E-state index in [4.69, 9.17) is 23.2 Å². The summed E-state index contributed by atoms with van der Waals surface area (Å²) < 4.78 is 0. The van der Waals surface area contributed by atoms with Gasteiger partial charge in [-0.1, -0.05) is 35.3 Å². The van der Waals surface area contributed by atoms with Gasteiger partial charge in [0.25, 0.3) is 0 Å². The molecule has 0 aromatic heterocycles. The third kappa shape index (κ3) is 5.41. The monoisotopic (exact) mass is 267 g/mol. The first kappa shape index (κ1) is 13.7. The first-order chi connectivity index (χ1) is 6.30. The fourth-order valence-corrected chi connectivity index (χ4v) is 1.03. The normalized spacial score (nSPS) is 8.14. The van der Waals surface area contributed by atoms with Crippen molar-refractivity contribution in [2.75, 3.05) is 0 Å². The van der Waals surface area contributed by atoms with Gasteiger partial charge in [-0.25, -0.2) is 12.1 Å². The van der Waals surface area contributed by atoms with E-state index >= 15 is 0 Å². The van der Waals surface area contributed by atoms with Gasteiger partial charge in [-0.3, -0.25) is 0 Å². The van der Waals surface area contributed by atoms with Crippen LogP contribution in [-0.4, -0.2) is 0 Å². The summed E-state index contributed by atoms with van der Waals surface area (Å²) in [6, 6.07) is 17.2. The molecule has 2 aromatic rings. The molecular weight excluding hydrogens is 259 g/mol. The van der Waals surface area contributed by atoms with Crippen LogP contribution < -0.4 is 0 Å². The zero-order valence-corrected chi connectivity index (χ0v) is 9.92. The SMILES string of the molecule is Clc1ccccc1Cl.[Fe+2].c1cc[cH-]c1. The first-order valence-electron chi connectivity index (χ1n) is 3.87. The van der Waals surface area contributed by atoms with Crippen LogP contribution in [0.3, 0.4) is 0 Å². The van der Waals surface area contributed by atoms with Gasteiger partial charge in [0, 0.05) is 0 Å². The van der Waals surface area contributed by atoms with Crippen molar-refractivity contribution in [1.82, 2.24) is 0 Å². The molecule has 0 N–H and O–H groups in total. The topological polar surface area (TPSA) is 0 Å². The van der Waals surface area contributed by atoms with Crippen molar-refractivity contribution >= 4 is 23.2 Å². The molecule has 0 fully saturated rings. The minimum atomic E-state index is 0. The standard InChI is InChI=1S/C6H4Cl2.C5H5.Fe/c7-5-3-1-2-4-6(5)8;1-2-4-5-3-1;/h1-4H;1-5H;/q;-1;+2. The maximum atomic E-state index is 5.58. The summed E-state index contributed by atoms with van der Waals surface area (Å²) in [5, 5.41) is 1.21. The molecule has 0 heterocycles. The number of hydrogen-bond acceptors (Lipinski definition) is 0. The van der Waals surface area contributed by atoms with Crippen LogP contribution in [-0.2, 0) is 17.1 Å². The smallest absolute Gasteiger partial charge is 0.214 e. The zero-order valence-electron chi connectivity index (χ0n) is 7.31. The maximum absolute atomic E-state index is 5.58. The quantitative estimate of drug-likeness (QED) is 0.490. The summed E-state index contributed by atoms with van der Waals surface area (Å²) in [5.74, 6) is 0. The molecule has 0 nitrogen and oxygen atoms in total. The Morgan fingerprint density at radius 3 is 1.43 bits per heavy atom. The van der Waals surface area contributed by atoms with Crippen molar-refractivity contribution in [2.24, 2.45) is 0 Å². The third-order valence-corrected chi connectivity index (χ3v) is 2.14. The van der Waals surface area contributed by atoms with Crippen molar-refractivity contribution in [1.29, 1.82) is 0 Å². The summed E-state index contributed by atoms with van der Waals surface area (Å²) >= 11 is 11.2. The van der Waals surface area contributed by atoms with Crippen LogP contribution in [0.5, 0.6) is 0 Å². The van der Waals surface area contributed by atoms with E-state index in [0.717, 1.165) is 0 Å². The number of halogens is 2. The van der Waals surface area contributed by atoms with Crippen molar-refractivity contribution in [2.45, 2.75) is 0 Å². The van der Waals surface area contributed by atoms with Crippen molar-refractivity contribution in [3.8, 4) is 0 Å². The molecule has 0 aliphatic heterocycles. The fourth-order valence-electron chi connectivity index (χ4n) is 0.760. The van der Waals surface area contributed by atoms with Gasteiger partial charge in [0.2, 0.25) is 0 Å². The van der Waals surface area contributed by atoms with Crippen LogP contribution >= 0.6 is 23.2 Å². The summed E-state index contributed by atoms with van der Waals surface area (Å²) in [5.41, 5.74) is 0. The average Bonchev–Trinajstić information content (AvgIpc) is 2.68. The second-order valence-corrected chi connectivity index (χ2v) is 3.19. The van der Waals surface area contributed by atoms with Crippen molar-refractivity contribution < 1.29 is 17.1 Å². The predicted octanol–water partition coefficient (Wildman–Crippen LogP) is 4.40. The Morgan fingerprint density at radius 2 is 1.21 bits per heavy atom. The second kappa shape index (κ2) is 8.02. The maximum Gasteiger partial charge on any atom is 2.00 e. The van der Waals surface area contributed by atoms with E-state index in [9.17, 15) is 0 Å². The molecule has 0 spiro atoms. The molecule has 74 valence electrons. The molecule has 0 saturated heterocycles. The number of benzene rings is 1. The summed E-state index contributed by atoms with van der Waals surface area (Å²) in [4.78, 5) is 0. The Kier molecular flexibility index (Phi) is 7.83. The third-order valence-electron chi connectivity index (χ3n) is 1.38. The Labute approximate surface area is 105 Å². The Morgan fingerprint density at radius 1 is 0.786 bits per heavy atom. The molecule has 0 aliphatic carbocycles. The molecule has 0 radical (unpaired) electrons. The van der Waals surface area contributed by atoms with Gasteiger partial charge in [-0.2, -0.15) is 18.2 Å². The molecule has 2 rings (SSSR count). The van der Waals surface area contributed by atoms with Crippen LogP contribution in [0.2, 0.25) is 10.0 Å². The van der Waals surface area contributed by atoms with Crippen LogP contribution in [0.4, 0.5) is 0 Å². The minimum Gasteiger partial charge on any atom is -0.214 e. The van der Waals surface area contributed by atoms with Crippen LogP contribution in [0.25, 0.3) is 0 Å². The van der Waals surface area contributed by atoms with Gasteiger partial charge in [0.15, 0.2) is 0 Å². The van der Waals surface area contributed by atoms with E-state index in [0.29, 0.717) is 10.0 Å². The van der Waals surface area contributed by atoms with E-state index in [1.165, 1.54) is 0 Å². The number of hydrogen-bond donors (Lipinski definition) is 0. The van der Waals surface area contributed by atoms with Gasteiger partial charge in [0.05, 0.1) is 10.0 Å². The first-order valence-corrected chi connectivity index (χ1v) is 4.63. The van der Waals surface area contributed by atoms with E-state index in [-0.39, 0.29) is 17.1 Å². The van der Waals surface area contributed by atoms with E-state index in [1.54, 1.807) is 12.1 Å². The molecule has 0 atom stereocenters.